The van der Waals surface area contributed by atoms with Gasteiger partial charge in [0, 0.05) is 6.04 Å². The van der Waals surface area contributed by atoms with Gasteiger partial charge < -0.3 is 5.32 Å². The molecule has 1 saturated heterocycles. The molecule has 1 heterocycles. The lowest BCUT2D eigenvalue weighted by Crippen LogP contribution is -2.46. The number of nitrogens with one attached hydrogen (secondary N) is 1. The molecule has 0 saturated carbocycles. The van der Waals surface area contributed by atoms with Gasteiger partial charge in [0.25, 0.3) is 0 Å². The minimum atomic E-state index is -3.00. The molecule has 0 radical (unpaired) electrons. The first-order valence-electron chi connectivity index (χ1n) is 6.66. The third kappa shape index (κ3) is 3.54. The highest BCUT2D eigenvalue weighted by molar-refractivity contribution is 7.92. The predicted molar refractivity (Wildman–Crippen MR) is 74.4 cm³/mol. The molecule has 1 aliphatic heterocycles. The fourth-order valence-corrected chi connectivity index (χ4v) is 4.89. The number of hydrogen-bond donors (Lipinski definition) is 1. The summed E-state index contributed by atoms with van der Waals surface area (Å²) in [5, 5.41) is 2.79. The molecule has 0 aromatic heterocycles. The minimum Gasteiger partial charge on any atom is -0.315 e. The summed E-state index contributed by atoms with van der Waals surface area (Å²) in [5.74, 6) is 0.0225. The first-order valence-corrected chi connectivity index (χ1v) is 8.38. The molecule has 2 rings (SSSR count). The van der Waals surface area contributed by atoms with E-state index in [0.717, 1.165) is 24.8 Å². The number of benzene rings is 1. The van der Waals surface area contributed by atoms with E-state index in [2.05, 4.69) is 5.32 Å². The van der Waals surface area contributed by atoms with Crippen molar-refractivity contribution in [2.75, 3.05) is 12.8 Å². The van der Waals surface area contributed by atoms with Gasteiger partial charge in [0.05, 0.1) is 11.0 Å². The van der Waals surface area contributed by atoms with Crippen molar-refractivity contribution in [2.24, 2.45) is 0 Å². The van der Waals surface area contributed by atoms with Crippen LogP contribution in [0.3, 0.4) is 0 Å². The zero-order valence-electron chi connectivity index (χ0n) is 11.1. The SMILES string of the molecule is CNC(Cc1ccc(F)cc1)C1CCCCS1(=O)=O. The van der Waals surface area contributed by atoms with Crippen LogP contribution in [0.4, 0.5) is 4.39 Å². The Bertz CT molecular complexity index is 513. The Morgan fingerprint density at radius 2 is 2.00 bits per heavy atom. The van der Waals surface area contributed by atoms with E-state index in [0.29, 0.717) is 12.2 Å². The third-order valence-electron chi connectivity index (χ3n) is 3.82. The van der Waals surface area contributed by atoms with Crippen LogP contribution < -0.4 is 5.32 Å². The molecular formula is C14H20FNO2S. The van der Waals surface area contributed by atoms with Crippen molar-refractivity contribution in [3.8, 4) is 0 Å². The largest absolute Gasteiger partial charge is 0.315 e. The maximum atomic E-state index is 12.9. The third-order valence-corrected chi connectivity index (χ3v) is 6.16. The average molecular weight is 285 g/mol. The van der Waals surface area contributed by atoms with Gasteiger partial charge in [-0.3, -0.25) is 0 Å². The van der Waals surface area contributed by atoms with Gasteiger partial charge >= 0.3 is 0 Å². The van der Waals surface area contributed by atoms with Crippen LogP contribution in [0, 0.1) is 5.82 Å². The second-order valence-electron chi connectivity index (χ2n) is 5.13. The number of hydrogen-bond acceptors (Lipinski definition) is 3. The molecule has 1 aliphatic rings. The first kappa shape index (κ1) is 14.5. The lowest BCUT2D eigenvalue weighted by molar-refractivity contribution is 0.456. The molecule has 1 fully saturated rings. The van der Waals surface area contributed by atoms with Gasteiger partial charge in [-0.1, -0.05) is 18.6 Å². The fourth-order valence-electron chi connectivity index (χ4n) is 2.72. The van der Waals surface area contributed by atoms with Crippen LogP contribution in [0.15, 0.2) is 24.3 Å². The molecule has 0 bridgehead atoms. The molecule has 1 aromatic rings. The van der Waals surface area contributed by atoms with Crippen molar-refractivity contribution in [3.63, 3.8) is 0 Å². The summed E-state index contributed by atoms with van der Waals surface area (Å²) in [6.07, 6.45) is 3.06. The number of rotatable bonds is 4. The highest BCUT2D eigenvalue weighted by Crippen LogP contribution is 2.24. The van der Waals surface area contributed by atoms with Crippen LogP contribution in [0.25, 0.3) is 0 Å². The minimum absolute atomic E-state index is 0.101. The second-order valence-corrected chi connectivity index (χ2v) is 7.47. The molecule has 3 nitrogen and oxygen atoms in total. The zero-order chi connectivity index (χ0) is 13.9. The summed E-state index contributed by atoms with van der Waals surface area (Å²) in [5.41, 5.74) is 0.960. The summed E-state index contributed by atoms with van der Waals surface area (Å²) in [6, 6.07) is 6.16. The van der Waals surface area contributed by atoms with E-state index in [1.165, 1.54) is 12.1 Å². The van der Waals surface area contributed by atoms with E-state index < -0.39 is 9.84 Å². The standard InChI is InChI=1S/C14H20FNO2S/c1-16-13(10-11-5-7-12(15)8-6-11)14-4-2-3-9-19(14,17)18/h5-8,13-14,16H,2-4,9-10H2,1H3. The quantitative estimate of drug-likeness (QED) is 0.919. The summed E-state index contributed by atoms with van der Waals surface area (Å²) in [6.45, 7) is 0. The molecule has 1 aromatic carbocycles. The highest BCUT2D eigenvalue weighted by Gasteiger charge is 2.34. The van der Waals surface area contributed by atoms with E-state index >= 15 is 0 Å². The van der Waals surface area contributed by atoms with E-state index in [-0.39, 0.29) is 17.1 Å². The van der Waals surface area contributed by atoms with Crippen LogP contribution in [0.2, 0.25) is 0 Å². The first-order chi connectivity index (χ1) is 9.03. The van der Waals surface area contributed by atoms with Crippen molar-refractivity contribution in [3.05, 3.63) is 35.6 Å². The van der Waals surface area contributed by atoms with Crippen molar-refractivity contribution >= 4 is 9.84 Å². The van der Waals surface area contributed by atoms with Crippen LogP contribution in [-0.2, 0) is 16.3 Å². The fraction of sp³-hybridized carbons (Fsp3) is 0.571. The lowest BCUT2D eigenvalue weighted by atomic mass is 9.99. The van der Waals surface area contributed by atoms with E-state index in [9.17, 15) is 12.8 Å². The summed E-state index contributed by atoms with van der Waals surface area (Å²) in [4.78, 5) is 0. The van der Waals surface area contributed by atoms with E-state index in [4.69, 9.17) is 0 Å². The monoisotopic (exact) mass is 285 g/mol. The molecule has 1 N–H and O–H groups in total. The number of halogens is 1. The molecule has 106 valence electrons. The van der Waals surface area contributed by atoms with Crippen molar-refractivity contribution < 1.29 is 12.8 Å². The Kier molecular flexibility index (Phi) is 4.58. The van der Waals surface area contributed by atoms with Gasteiger partial charge in [0.1, 0.15) is 5.82 Å². The molecule has 5 heteroatoms. The van der Waals surface area contributed by atoms with Gasteiger partial charge in [-0.15, -0.1) is 0 Å². The van der Waals surface area contributed by atoms with Gasteiger partial charge in [0.15, 0.2) is 9.84 Å². The summed E-state index contributed by atoms with van der Waals surface area (Å²) in [7, 11) is -1.21. The van der Waals surface area contributed by atoms with Gasteiger partial charge in [-0.05, 0) is 44.0 Å². The Hall–Kier alpha value is -0.940. The Labute approximate surface area is 114 Å². The van der Waals surface area contributed by atoms with Gasteiger partial charge in [-0.25, -0.2) is 12.8 Å². The molecule has 19 heavy (non-hydrogen) atoms. The molecule has 0 spiro atoms. The lowest BCUT2D eigenvalue weighted by Gasteiger charge is -2.30. The molecule has 2 atom stereocenters. The second kappa shape index (κ2) is 6.01. The smallest absolute Gasteiger partial charge is 0.154 e. The van der Waals surface area contributed by atoms with Crippen molar-refractivity contribution in [1.29, 1.82) is 0 Å². The Balaban J connectivity index is 2.13. The van der Waals surface area contributed by atoms with Gasteiger partial charge in [-0.2, -0.15) is 0 Å². The van der Waals surface area contributed by atoms with Crippen LogP contribution >= 0.6 is 0 Å². The number of sulfone groups is 1. The average Bonchev–Trinajstić information content (AvgIpc) is 2.38. The summed E-state index contributed by atoms with van der Waals surface area (Å²) < 4.78 is 37.1. The maximum absolute atomic E-state index is 12.9. The molecular weight excluding hydrogens is 265 g/mol. The predicted octanol–water partition coefficient (Wildman–Crippen LogP) is 1.92. The van der Waals surface area contributed by atoms with Crippen LogP contribution in [0.1, 0.15) is 24.8 Å². The number of likely N-dealkylation sites (N-methyl/N-ethyl adjacent to an activating group) is 1. The zero-order valence-corrected chi connectivity index (χ0v) is 11.9. The maximum Gasteiger partial charge on any atom is 0.154 e. The Morgan fingerprint density at radius 3 is 2.58 bits per heavy atom. The van der Waals surface area contributed by atoms with E-state index in [1.807, 2.05) is 0 Å². The van der Waals surface area contributed by atoms with Gasteiger partial charge in [0.2, 0.25) is 0 Å². The van der Waals surface area contributed by atoms with Crippen LogP contribution in [-0.4, -0.2) is 32.5 Å². The van der Waals surface area contributed by atoms with Crippen LogP contribution in [0.5, 0.6) is 0 Å². The Morgan fingerprint density at radius 1 is 1.32 bits per heavy atom. The molecule has 2 unspecified atom stereocenters. The summed E-state index contributed by atoms with van der Waals surface area (Å²) >= 11 is 0. The molecule has 0 aliphatic carbocycles. The normalized spacial score (nSPS) is 24.0. The van der Waals surface area contributed by atoms with Crippen molar-refractivity contribution in [1.82, 2.24) is 5.32 Å². The highest BCUT2D eigenvalue weighted by atomic mass is 32.2. The molecule has 0 amide bonds. The van der Waals surface area contributed by atoms with Crippen molar-refractivity contribution in [2.45, 2.75) is 37.0 Å². The van der Waals surface area contributed by atoms with E-state index in [1.54, 1.807) is 19.2 Å². The topological polar surface area (TPSA) is 46.2 Å².